The zero-order chi connectivity index (χ0) is 32.3. The number of imidazole rings is 1. The molecule has 0 aliphatic heterocycles. The van der Waals surface area contributed by atoms with Crippen molar-refractivity contribution in [3.05, 3.63) is 176 Å². The smallest absolute Gasteiger partial charge is 0.145 e. The first-order chi connectivity index (χ1) is 24.3. The van der Waals surface area contributed by atoms with Gasteiger partial charge in [0.05, 0.1) is 22.2 Å². The van der Waals surface area contributed by atoms with Crippen molar-refractivity contribution < 1.29 is 0 Å². The molecule has 49 heavy (non-hydrogen) atoms. The van der Waals surface area contributed by atoms with E-state index in [0.29, 0.717) is 0 Å². The Kier molecular flexibility index (Phi) is 6.18. The van der Waals surface area contributed by atoms with Crippen LogP contribution in [0.15, 0.2) is 176 Å². The molecular weight excluding hydrogens is 595 g/mol. The minimum Gasteiger partial charge on any atom is -0.292 e. The van der Waals surface area contributed by atoms with Gasteiger partial charge in [0.2, 0.25) is 0 Å². The van der Waals surface area contributed by atoms with Gasteiger partial charge in [-0.1, -0.05) is 133 Å². The lowest BCUT2D eigenvalue weighted by atomic mass is 9.89. The molecule has 0 atom stereocenters. The molecule has 2 aromatic heterocycles. The highest BCUT2D eigenvalue weighted by Crippen LogP contribution is 2.42. The molecule has 0 bridgehead atoms. The van der Waals surface area contributed by atoms with Crippen molar-refractivity contribution in [1.82, 2.24) is 14.5 Å². The lowest BCUT2D eigenvalue weighted by Crippen LogP contribution is -1.97. The number of rotatable bonds is 4. The quantitative estimate of drug-likeness (QED) is 0.183. The molecule has 3 nitrogen and oxygen atoms in total. The van der Waals surface area contributed by atoms with Crippen LogP contribution >= 0.6 is 0 Å². The molecule has 0 radical (unpaired) electrons. The number of nitrogens with zero attached hydrogens (tertiary/aromatic N) is 3. The Morgan fingerprint density at radius 3 is 1.86 bits per heavy atom. The van der Waals surface area contributed by atoms with Gasteiger partial charge in [0.1, 0.15) is 5.82 Å². The fourth-order valence-electron chi connectivity index (χ4n) is 7.47. The van der Waals surface area contributed by atoms with Crippen molar-refractivity contribution >= 4 is 54.3 Å². The van der Waals surface area contributed by atoms with E-state index in [1.54, 1.807) is 0 Å². The van der Waals surface area contributed by atoms with E-state index in [0.717, 1.165) is 55.8 Å². The maximum atomic E-state index is 5.32. The van der Waals surface area contributed by atoms with Gasteiger partial charge in [0.15, 0.2) is 0 Å². The highest BCUT2D eigenvalue weighted by molar-refractivity contribution is 6.25. The number of fused-ring (bicyclic) bond motifs is 7. The highest BCUT2D eigenvalue weighted by atomic mass is 15.1. The Morgan fingerprint density at radius 2 is 1.02 bits per heavy atom. The molecule has 2 heterocycles. The summed E-state index contributed by atoms with van der Waals surface area (Å²) in [6, 6.07) is 62.6. The van der Waals surface area contributed by atoms with E-state index in [2.05, 4.69) is 174 Å². The molecule has 0 N–H and O–H groups in total. The minimum absolute atomic E-state index is 0.927. The molecule has 0 fully saturated rings. The van der Waals surface area contributed by atoms with E-state index in [9.17, 15) is 0 Å². The molecule has 10 aromatic rings. The largest absolute Gasteiger partial charge is 0.292 e. The summed E-state index contributed by atoms with van der Waals surface area (Å²) >= 11 is 0. The summed E-state index contributed by atoms with van der Waals surface area (Å²) in [7, 11) is 0. The van der Waals surface area contributed by atoms with Crippen LogP contribution in [0.5, 0.6) is 0 Å². The standard InChI is InChI=1S/C46H29N3/c1-2-14-35(15-3-1)49-43-21-11-10-20-42(43)48-46(49)32-25-23-31(24-26-32)39-29-40-44(37-17-7-6-16-36(37)39)38-18-8-9-19-41(38)47-45(40)34-27-22-30-12-4-5-13-33(30)28-34/h1-29H. The summed E-state index contributed by atoms with van der Waals surface area (Å²) in [6.07, 6.45) is 0. The Hall–Kier alpha value is -6.58. The van der Waals surface area contributed by atoms with Crippen molar-refractivity contribution in [1.29, 1.82) is 0 Å². The predicted octanol–water partition coefficient (Wildman–Crippen LogP) is 12.0. The molecular formula is C46H29N3. The van der Waals surface area contributed by atoms with Gasteiger partial charge in [0, 0.05) is 33.0 Å². The van der Waals surface area contributed by atoms with Crippen LogP contribution in [0.2, 0.25) is 0 Å². The number of hydrogen-bond donors (Lipinski definition) is 0. The lowest BCUT2D eigenvalue weighted by molar-refractivity contribution is 1.10. The number of benzene rings is 8. The predicted molar refractivity (Wildman–Crippen MR) is 205 cm³/mol. The van der Waals surface area contributed by atoms with Crippen molar-refractivity contribution in [2.75, 3.05) is 0 Å². The van der Waals surface area contributed by atoms with Crippen molar-refractivity contribution in [3.63, 3.8) is 0 Å². The number of hydrogen-bond acceptors (Lipinski definition) is 2. The van der Waals surface area contributed by atoms with E-state index in [-0.39, 0.29) is 0 Å². The zero-order valence-corrected chi connectivity index (χ0v) is 26.6. The summed E-state index contributed by atoms with van der Waals surface area (Å²) in [6.45, 7) is 0. The van der Waals surface area contributed by atoms with Crippen LogP contribution in [0, 0.1) is 0 Å². The third-order valence-electron chi connectivity index (χ3n) is 9.76. The fraction of sp³-hybridized carbons (Fsp3) is 0. The summed E-state index contributed by atoms with van der Waals surface area (Å²) in [5, 5.41) is 8.44. The highest BCUT2D eigenvalue weighted by Gasteiger charge is 2.18. The van der Waals surface area contributed by atoms with Gasteiger partial charge in [0.25, 0.3) is 0 Å². The topological polar surface area (TPSA) is 30.7 Å². The second kappa shape index (κ2) is 11.0. The van der Waals surface area contributed by atoms with Crippen LogP contribution in [0.3, 0.4) is 0 Å². The van der Waals surface area contributed by atoms with Crippen LogP contribution in [0.4, 0.5) is 0 Å². The minimum atomic E-state index is 0.927. The summed E-state index contributed by atoms with van der Waals surface area (Å²) in [4.78, 5) is 10.4. The molecule has 0 amide bonds. The van der Waals surface area contributed by atoms with Crippen molar-refractivity contribution in [2.24, 2.45) is 0 Å². The second-order valence-corrected chi connectivity index (χ2v) is 12.6. The van der Waals surface area contributed by atoms with E-state index < -0.39 is 0 Å². The maximum absolute atomic E-state index is 5.32. The Bertz CT molecular complexity index is 2870. The molecule has 0 aliphatic rings. The van der Waals surface area contributed by atoms with Gasteiger partial charge in [-0.05, 0) is 75.1 Å². The van der Waals surface area contributed by atoms with Crippen molar-refractivity contribution in [2.45, 2.75) is 0 Å². The van der Waals surface area contributed by atoms with Gasteiger partial charge in [-0.3, -0.25) is 4.57 Å². The van der Waals surface area contributed by atoms with E-state index in [4.69, 9.17) is 9.97 Å². The Labute approximate surface area is 283 Å². The second-order valence-electron chi connectivity index (χ2n) is 12.6. The molecule has 3 heteroatoms. The first kappa shape index (κ1) is 27.5. The van der Waals surface area contributed by atoms with Gasteiger partial charge in [-0.2, -0.15) is 0 Å². The molecule has 228 valence electrons. The van der Waals surface area contributed by atoms with Crippen LogP contribution in [0.1, 0.15) is 0 Å². The van der Waals surface area contributed by atoms with Crippen LogP contribution < -0.4 is 0 Å². The molecule has 0 unspecified atom stereocenters. The zero-order valence-electron chi connectivity index (χ0n) is 26.6. The van der Waals surface area contributed by atoms with Crippen LogP contribution in [-0.2, 0) is 0 Å². The third kappa shape index (κ3) is 4.44. The van der Waals surface area contributed by atoms with E-state index >= 15 is 0 Å². The fourth-order valence-corrected chi connectivity index (χ4v) is 7.47. The Morgan fingerprint density at radius 1 is 0.388 bits per heavy atom. The van der Waals surface area contributed by atoms with Crippen molar-refractivity contribution in [3.8, 4) is 39.5 Å². The number of aromatic nitrogens is 3. The SMILES string of the molecule is c1ccc(-n2c(-c3ccc(-c4cc5c(-c6ccc7ccccc7c6)nc6ccccc6c5c5ccccc45)cc3)nc3ccccc32)cc1. The van der Waals surface area contributed by atoms with Crippen LogP contribution in [-0.4, -0.2) is 14.5 Å². The molecule has 0 aliphatic carbocycles. The molecule has 10 rings (SSSR count). The van der Waals surface area contributed by atoms with Gasteiger partial charge in [-0.15, -0.1) is 0 Å². The summed E-state index contributed by atoms with van der Waals surface area (Å²) in [5.74, 6) is 0.927. The van der Waals surface area contributed by atoms with E-state index in [1.165, 1.54) is 37.9 Å². The number of pyridine rings is 1. The number of para-hydroxylation sites is 4. The third-order valence-corrected chi connectivity index (χ3v) is 9.76. The average Bonchev–Trinajstić information content (AvgIpc) is 3.57. The average molecular weight is 624 g/mol. The van der Waals surface area contributed by atoms with E-state index in [1.807, 2.05) is 6.07 Å². The molecule has 8 aromatic carbocycles. The monoisotopic (exact) mass is 623 g/mol. The first-order valence-corrected chi connectivity index (χ1v) is 16.7. The lowest BCUT2D eigenvalue weighted by Gasteiger charge is -2.16. The summed E-state index contributed by atoms with van der Waals surface area (Å²) < 4.78 is 2.25. The normalized spacial score (nSPS) is 11.7. The summed E-state index contributed by atoms with van der Waals surface area (Å²) in [5.41, 5.74) is 9.69. The molecule has 0 saturated heterocycles. The van der Waals surface area contributed by atoms with Gasteiger partial charge < -0.3 is 0 Å². The maximum Gasteiger partial charge on any atom is 0.145 e. The molecule has 0 spiro atoms. The van der Waals surface area contributed by atoms with Gasteiger partial charge >= 0.3 is 0 Å². The Balaban J connectivity index is 1.20. The molecule has 0 saturated carbocycles. The van der Waals surface area contributed by atoms with Gasteiger partial charge in [-0.25, -0.2) is 9.97 Å². The van der Waals surface area contributed by atoms with Crippen LogP contribution in [0.25, 0.3) is 93.7 Å². The first-order valence-electron chi connectivity index (χ1n) is 16.7.